The molecule has 0 aliphatic carbocycles. The number of likely N-dealkylation sites (N-methyl/N-ethyl adjacent to an activating group) is 1. The summed E-state index contributed by atoms with van der Waals surface area (Å²) in [5.74, 6) is -0.504. The molecule has 146 valence electrons. The van der Waals surface area contributed by atoms with Crippen LogP contribution in [0.5, 0.6) is 0 Å². The van der Waals surface area contributed by atoms with E-state index in [9.17, 15) is 9.59 Å². The maximum Gasteiger partial charge on any atom is 0.374 e. The molecule has 6 nitrogen and oxygen atoms in total. The van der Waals surface area contributed by atoms with Gasteiger partial charge in [0.2, 0.25) is 11.7 Å². The van der Waals surface area contributed by atoms with Gasteiger partial charge in [-0.25, -0.2) is 4.79 Å². The molecule has 0 bridgehead atoms. The maximum absolute atomic E-state index is 12.3. The molecule has 1 heterocycles. The topological polar surface area (TPSA) is 71.8 Å². The van der Waals surface area contributed by atoms with E-state index in [1.54, 1.807) is 44.3 Å². The van der Waals surface area contributed by atoms with E-state index in [2.05, 4.69) is 5.32 Å². The Bertz CT molecular complexity index is 982. The van der Waals surface area contributed by atoms with Gasteiger partial charge < -0.3 is 14.5 Å². The molecule has 28 heavy (non-hydrogen) atoms. The molecule has 0 radical (unpaired) electrons. The molecular weight excluding hydrogens is 380 g/mol. The Labute approximate surface area is 168 Å². The highest BCUT2D eigenvalue weighted by Crippen LogP contribution is 2.27. The van der Waals surface area contributed by atoms with Crippen LogP contribution in [-0.4, -0.2) is 37.0 Å². The van der Waals surface area contributed by atoms with Gasteiger partial charge in [0.25, 0.3) is 0 Å². The molecule has 2 aromatic carbocycles. The van der Waals surface area contributed by atoms with Crippen LogP contribution in [0.25, 0.3) is 11.0 Å². The van der Waals surface area contributed by atoms with Crippen molar-refractivity contribution in [3.05, 3.63) is 64.9 Å². The first-order chi connectivity index (χ1) is 13.5. The Morgan fingerprint density at radius 2 is 1.86 bits per heavy atom. The molecule has 1 N–H and O–H groups in total. The lowest BCUT2D eigenvalue weighted by atomic mass is 10.1. The minimum absolute atomic E-state index is 0.143. The van der Waals surface area contributed by atoms with Crippen LogP contribution in [0.4, 0.5) is 5.69 Å². The number of rotatable bonds is 7. The van der Waals surface area contributed by atoms with Gasteiger partial charge in [0.15, 0.2) is 0 Å². The SMILES string of the molecule is CCOC(=O)c1oc2ccccc2c1CN(C)CC(=O)Nc1ccc(Cl)cc1. The Balaban J connectivity index is 1.73. The molecule has 0 aliphatic rings. The maximum atomic E-state index is 12.3. The van der Waals surface area contributed by atoms with Crippen molar-refractivity contribution in [1.29, 1.82) is 0 Å². The van der Waals surface area contributed by atoms with Crippen LogP contribution in [0.15, 0.2) is 52.9 Å². The van der Waals surface area contributed by atoms with Gasteiger partial charge in [0.1, 0.15) is 5.58 Å². The van der Waals surface area contributed by atoms with E-state index in [0.717, 1.165) is 5.39 Å². The number of hydrogen-bond acceptors (Lipinski definition) is 5. The van der Waals surface area contributed by atoms with Crippen molar-refractivity contribution in [1.82, 2.24) is 4.90 Å². The zero-order valence-corrected chi connectivity index (χ0v) is 16.5. The molecule has 1 amide bonds. The smallest absolute Gasteiger partial charge is 0.374 e. The van der Waals surface area contributed by atoms with Crippen LogP contribution in [0.3, 0.4) is 0 Å². The number of furan rings is 1. The second kappa shape index (κ2) is 8.91. The van der Waals surface area contributed by atoms with Gasteiger partial charge >= 0.3 is 5.97 Å². The first-order valence-corrected chi connectivity index (χ1v) is 9.27. The van der Waals surface area contributed by atoms with Crippen LogP contribution in [0, 0.1) is 0 Å². The number of ether oxygens (including phenoxy) is 1. The van der Waals surface area contributed by atoms with E-state index in [1.807, 2.05) is 23.1 Å². The highest BCUT2D eigenvalue weighted by molar-refractivity contribution is 6.30. The van der Waals surface area contributed by atoms with E-state index in [0.29, 0.717) is 28.4 Å². The normalized spacial score (nSPS) is 11.0. The van der Waals surface area contributed by atoms with Crippen molar-refractivity contribution >= 4 is 40.1 Å². The summed E-state index contributed by atoms with van der Waals surface area (Å²) in [6.07, 6.45) is 0. The number of para-hydroxylation sites is 1. The van der Waals surface area contributed by atoms with E-state index in [1.165, 1.54) is 0 Å². The molecule has 3 rings (SSSR count). The Morgan fingerprint density at radius 3 is 2.57 bits per heavy atom. The molecule has 7 heteroatoms. The van der Waals surface area contributed by atoms with Crippen molar-refractivity contribution in [2.24, 2.45) is 0 Å². The van der Waals surface area contributed by atoms with Gasteiger partial charge in [-0.15, -0.1) is 0 Å². The number of halogens is 1. The summed E-state index contributed by atoms with van der Waals surface area (Å²) in [6, 6.07) is 14.3. The number of benzene rings is 2. The van der Waals surface area contributed by atoms with Gasteiger partial charge in [-0.05, 0) is 44.3 Å². The molecule has 0 atom stereocenters. The van der Waals surface area contributed by atoms with E-state index >= 15 is 0 Å². The second-order valence-corrected chi connectivity index (χ2v) is 6.79. The average Bonchev–Trinajstić information content (AvgIpc) is 3.02. The Hall–Kier alpha value is -2.83. The van der Waals surface area contributed by atoms with Gasteiger partial charge in [-0.3, -0.25) is 9.69 Å². The average molecular weight is 401 g/mol. The molecule has 0 fully saturated rings. The number of nitrogens with zero attached hydrogens (tertiary/aromatic N) is 1. The lowest BCUT2D eigenvalue weighted by Crippen LogP contribution is -2.30. The largest absolute Gasteiger partial charge is 0.460 e. The van der Waals surface area contributed by atoms with Gasteiger partial charge in [0.05, 0.1) is 13.2 Å². The monoisotopic (exact) mass is 400 g/mol. The fourth-order valence-corrected chi connectivity index (χ4v) is 3.05. The van der Waals surface area contributed by atoms with E-state index in [4.69, 9.17) is 20.8 Å². The number of carbonyl (C=O) groups excluding carboxylic acids is 2. The van der Waals surface area contributed by atoms with Crippen molar-refractivity contribution in [3.8, 4) is 0 Å². The molecule has 3 aromatic rings. The highest BCUT2D eigenvalue weighted by Gasteiger charge is 2.23. The van der Waals surface area contributed by atoms with Crippen LogP contribution in [-0.2, 0) is 16.1 Å². The van der Waals surface area contributed by atoms with Crippen molar-refractivity contribution in [2.75, 3.05) is 25.5 Å². The minimum atomic E-state index is -0.507. The highest BCUT2D eigenvalue weighted by atomic mass is 35.5. The molecule has 0 unspecified atom stereocenters. The molecule has 0 saturated carbocycles. The van der Waals surface area contributed by atoms with Gasteiger partial charge in [0, 0.05) is 28.2 Å². The molecule has 0 spiro atoms. The fourth-order valence-electron chi connectivity index (χ4n) is 2.92. The third-order valence-electron chi connectivity index (χ3n) is 4.13. The summed E-state index contributed by atoms with van der Waals surface area (Å²) in [4.78, 5) is 26.4. The summed E-state index contributed by atoms with van der Waals surface area (Å²) in [6.45, 7) is 2.51. The zero-order valence-electron chi connectivity index (χ0n) is 15.7. The van der Waals surface area contributed by atoms with Crippen molar-refractivity contribution in [2.45, 2.75) is 13.5 Å². The van der Waals surface area contributed by atoms with Gasteiger partial charge in [-0.2, -0.15) is 0 Å². The predicted molar refractivity (Wildman–Crippen MR) is 109 cm³/mol. The number of anilines is 1. The third kappa shape index (κ3) is 4.71. The molecule has 0 aliphatic heterocycles. The van der Waals surface area contributed by atoms with Crippen LogP contribution >= 0.6 is 11.6 Å². The van der Waals surface area contributed by atoms with E-state index in [-0.39, 0.29) is 24.8 Å². The number of esters is 1. The first kappa shape index (κ1) is 19.9. The fraction of sp³-hybridized carbons (Fsp3) is 0.238. The lowest BCUT2D eigenvalue weighted by molar-refractivity contribution is -0.117. The lowest BCUT2D eigenvalue weighted by Gasteiger charge is -2.16. The second-order valence-electron chi connectivity index (χ2n) is 6.35. The summed E-state index contributed by atoms with van der Waals surface area (Å²) in [5, 5.41) is 4.25. The van der Waals surface area contributed by atoms with Crippen molar-refractivity contribution < 1.29 is 18.7 Å². The predicted octanol–water partition coefficient (Wildman–Crippen LogP) is 4.33. The van der Waals surface area contributed by atoms with Crippen molar-refractivity contribution in [3.63, 3.8) is 0 Å². The standard InChI is InChI=1S/C21H21ClN2O4/c1-3-27-21(26)20-17(16-6-4-5-7-18(16)28-20)12-24(2)13-19(25)23-15-10-8-14(22)9-11-15/h4-11H,3,12-13H2,1-2H3,(H,23,25). The van der Waals surface area contributed by atoms with E-state index < -0.39 is 5.97 Å². The number of nitrogens with one attached hydrogen (secondary N) is 1. The van der Waals surface area contributed by atoms with Gasteiger partial charge in [-0.1, -0.05) is 29.8 Å². The van der Waals surface area contributed by atoms with Crippen LogP contribution in [0.2, 0.25) is 5.02 Å². The summed E-state index contributed by atoms with van der Waals surface area (Å²) < 4.78 is 10.8. The van der Waals surface area contributed by atoms with Crippen LogP contribution in [0.1, 0.15) is 23.0 Å². The summed E-state index contributed by atoms with van der Waals surface area (Å²) in [5.41, 5.74) is 1.99. The molecule has 0 saturated heterocycles. The molecule has 1 aromatic heterocycles. The third-order valence-corrected chi connectivity index (χ3v) is 4.38. The number of fused-ring (bicyclic) bond motifs is 1. The van der Waals surface area contributed by atoms with Crippen LogP contribution < -0.4 is 5.32 Å². The Kier molecular flexibility index (Phi) is 6.34. The number of hydrogen-bond donors (Lipinski definition) is 1. The molecular formula is C21H21ClN2O4. The quantitative estimate of drug-likeness (QED) is 0.597. The number of amides is 1. The Morgan fingerprint density at radius 1 is 1.14 bits per heavy atom. The number of carbonyl (C=O) groups is 2. The summed E-state index contributed by atoms with van der Waals surface area (Å²) >= 11 is 5.85. The minimum Gasteiger partial charge on any atom is -0.460 e. The first-order valence-electron chi connectivity index (χ1n) is 8.89. The summed E-state index contributed by atoms with van der Waals surface area (Å²) in [7, 11) is 1.80. The zero-order chi connectivity index (χ0) is 20.1.